The van der Waals surface area contributed by atoms with Gasteiger partial charge in [-0.25, -0.2) is 0 Å². The molecule has 0 radical (unpaired) electrons. The summed E-state index contributed by atoms with van der Waals surface area (Å²) in [5.41, 5.74) is 0.843. The molecule has 0 spiro atoms. The van der Waals surface area contributed by atoms with Gasteiger partial charge in [-0.3, -0.25) is 0 Å². The first-order chi connectivity index (χ1) is 8.58. The SMILES string of the molecule is CC(C)Oc1ccc(C(O)C2CCCN2)cc1Cl. The first kappa shape index (κ1) is 13.7. The quantitative estimate of drug-likeness (QED) is 0.883. The molecule has 2 N–H and O–H groups in total. The highest BCUT2D eigenvalue weighted by Gasteiger charge is 2.24. The van der Waals surface area contributed by atoms with Crippen molar-refractivity contribution in [3.8, 4) is 5.75 Å². The molecule has 2 unspecified atom stereocenters. The Bertz CT molecular complexity index is 403. The first-order valence-corrected chi connectivity index (χ1v) is 6.83. The van der Waals surface area contributed by atoms with E-state index < -0.39 is 6.10 Å². The summed E-state index contributed by atoms with van der Waals surface area (Å²) in [4.78, 5) is 0. The summed E-state index contributed by atoms with van der Waals surface area (Å²) < 4.78 is 5.58. The zero-order valence-electron chi connectivity index (χ0n) is 10.8. The van der Waals surface area contributed by atoms with Crippen LogP contribution >= 0.6 is 11.6 Å². The van der Waals surface area contributed by atoms with E-state index in [1.54, 1.807) is 6.07 Å². The highest BCUT2D eigenvalue weighted by molar-refractivity contribution is 6.32. The van der Waals surface area contributed by atoms with Gasteiger partial charge in [-0.1, -0.05) is 17.7 Å². The number of aliphatic hydroxyl groups is 1. The molecule has 0 bridgehead atoms. The van der Waals surface area contributed by atoms with Gasteiger partial charge >= 0.3 is 0 Å². The number of halogens is 1. The van der Waals surface area contributed by atoms with Crippen LogP contribution in [0.1, 0.15) is 38.4 Å². The Hall–Kier alpha value is -0.770. The molecule has 1 aromatic carbocycles. The molecule has 18 heavy (non-hydrogen) atoms. The summed E-state index contributed by atoms with van der Waals surface area (Å²) in [5.74, 6) is 0.669. The fourth-order valence-corrected chi connectivity index (χ4v) is 2.50. The summed E-state index contributed by atoms with van der Waals surface area (Å²) in [6, 6.07) is 5.64. The second kappa shape index (κ2) is 5.91. The van der Waals surface area contributed by atoms with Crippen LogP contribution < -0.4 is 10.1 Å². The van der Waals surface area contributed by atoms with Gasteiger partial charge in [0.05, 0.1) is 17.2 Å². The first-order valence-electron chi connectivity index (χ1n) is 6.45. The maximum Gasteiger partial charge on any atom is 0.138 e. The molecule has 1 aromatic rings. The monoisotopic (exact) mass is 269 g/mol. The van der Waals surface area contributed by atoms with Crippen LogP contribution in [0.4, 0.5) is 0 Å². The van der Waals surface area contributed by atoms with E-state index in [0.29, 0.717) is 10.8 Å². The molecular weight excluding hydrogens is 250 g/mol. The van der Waals surface area contributed by atoms with E-state index in [1.165, 1.54) is 0 Å². The highest BCUT2D eigenvalue weighted by Crippen LogP contribution is 2.31. The summed E-state index contributed by atoms with van der Waals surface area (Å²) in [5, 5.41) is 14.1. The Kier molecular flexibility index (Phi) is 4.49. The van der Waals surface area contributed by atoms with Crippen molar-refractivity contribution >= 4 is 11.6 Å². The van der Waals surface area contributed by atoms with Gasteiger partial charge in [-0.05, 0) is 50.9 Å². The highest BCUT2D eigenvalue weighted by atomic mass is 35.5. The summed E-state index contributed by atoms with van der Waals surface area (Å²) in [6.07, 6.45) is 1.71. The predicted octanol–water partition coefficient (Wildman–Crippen LogP) is 2.91. The third-order valence-electron chi connectivity index (χ3n) is 3.14. The van der Waals surface area contributed by atoms with Crippen LogP contribution in [0.5, 0.6) is 5.75 Å². The van der Waals surface area contributed by atoms with Crippen molar-refractivity contribution in [1.82, 2.24) is 5.32 Å². The average Bonchev–Trinajstić information content (AvgIpc) is 2.84. The van der Waals surface area contributed by atoms with E-state index in [2.05, 4.69) is 5.32 Å². The molecule has 2 rings (SSSR count). The Labute approximate surface area is 113 Å². The van der Waals surface area contributed by atoms with Crippen LogP contribution in [0.15, 0.2) is 18.2 Å². The van der Waals surface area contributed by atoms with Gasteiger partial charge in [-0.15, -0.1) is 0 Å². The molecule has 0 aromatic heterocycles. The number of ether oxygens (including phenoxy) is 1. The van der Waals surface area contributed by atoms with Crippen LogP contribution in [-0.2, 0) is 0 Å². The van der Waals surface area contributed by atoms with Gasteiger partial charge in [0.2, 0.25) is 0 Å². The lowest BCUT2D eigenvalue weighted by Gasteiger charge is -2.20. The van der Waals surface area contributed by atoms with Crippen molar-refractivity contribution < 1.29 is 9.84 Å². The standard InChI is InChI=1S/C14H20ClNO2/c1-9(2)18-13-6-5-10(8-11(13)15)14(17)12-4-3-7-16-12/h5-6,8-9,12,14,16-17H,3-4,7H2,1-2H3. The molecule has 0 saturated carbocycles. The Morgan fingerprint density at radius 2 is 2.22 bits per heavy atom. The molecule has 1 fully saturated rings. The van der Waals surface area contributed by atoms with Crippen LogP contribution in [0.3, 0.4) is 0 Å². The van der Waals surface area contributed by atoms with Gasteiger partial charge in [0.15, 0.2) is 0 Å². The number of hydrogen-bond donors (Lipinski definition) is 2. The van der Waals surface area contributed by atoms with Crippen LogP contribution in [0.25, 0.3) is 0 Å². The number of nitrogens with one attached hydrogen (secondary N) is 1. The normalized spacial score (nSPS) is 21.3. The van der Waals surface area contributed by atoms with Crippen molar-refractivity contribution in [2.75, 3.05) is 6.54 Å². The van der Waals surface area contributed by atoms with Crippen molar-refractivity contribution in [3.63, 3.8) is 0 Å². The van der Waals surface area contributed by atoms with Crippen molar-refractivity contribution in [2.45, 2.75) is 44.9 Å². The lowest BCUT2D eigenvalue weighted by molar-refractivity contribution is 0.137. The van der Waals surface area contributed by atoms with Crippen LogP contribution in [0, 0.1) is 0 Å². The van der Waals surface area contributed by atoms with Gasteiger partial charge in [-0.2, -0.15) is 0 Å². The maximum absolute atomic E-state index is 10.3. The molecule has 0 amide bonds. The van der Waals surface area contributed by atoms with Crippen molar-refractivity contribution in [3.05, 3.63) is 28.8 Å². The van der Waals surface area contributed by atoms with E-state index in [-0.39, 0.29) is 12.1 Å². The van der Waals surface area contributed by atoms with E-state index in [1.807, 2.05) is 26.0 Å². The van der Waals surface area contributed by atoms with E-state index in [4.69, 9.17) is 16.3 Å². The molecule has 4 heteroatoms. The van der Waals surface area contributed by atoms with Gasteiger partial charge in [0.25, 0.3) is 0 Å². The molecule has 1 saturated heterocycles. The number of aliphatic hydroxyl groups excluding tert-OH is 1. The third-order valence-corrected chi connectivity index (χ3v) is 3.44. The average molecular weight is 270 g/mol. The minimum absolute atomic E-state index is 0.0924. The van der Waals surface area contributed by atoms with Crippen LogP contribution in [-0.4, -0.2) is 23.8 Å². The fraction of sp³-hybridized carbons (Fsp3) is 0.571. The summed E-state index contributed by atoms with van der Waals surface area (Å²) in [6.45, 7) is 4.90. The topological polar surface area (TPSA) is 41.5 Å². The number of benzene rings is 1. The van der Waals surface area contributed by atoms with Crippen LogP contribution in [0.2, 0.25) is 5.02 Å². The predicted molar refractivity (Wildman–Crippen MR) is 73.2 cm³/mol. The maximum atomic E-state index is 10.3. The largest absolute Gasteiger partial charge is 0.489 e. The molecule has 2 atom stereocenters. The second-order valence-corrected chi connectivity index (χ2v) is 5.41. The molecule has 1 heterocycles. The lowest BCUT2D eigenvalue weighted by Crippen LogP contribution is -2.28. The molecule has 0 aliphatic carbocycles. The number of rotatable bonds is 4. The van der Waals surface area contributed by atoms with Gasteiger partial charge in [0, 0.05) is 6.04 Å². The third kappa shape index (κ3) is 3.16. The molecule has 1 aliphatic heterocycles. The lowest BCUT2D eigenvalue weighted by atomic mass is 10.0. The van der Waals surface area contributed by atoms with E-state index in [9.17, 15) is 5.11 Å². The van der Waals surface area contributed by atoms with E-state index in [0.717, 1.165) is 24.9 Å². The minimum Gasteiger partial charge on any atom is -0.489 e. The van der Waals surface area contributed by atoms with Gasteiger partial charge in [0.1, 0.15) is 5.75 Å². The zero-order valence-corrected chi connectivity index (χ0v) is 11.6. The second-order valence-electron chi connectivity index (χ2n) is 5.00. The Balaban J connectivity index is 2.12. The molecular formula is C14H20ClNO2. The smallest absolute Gasteiger partial charge is 0.138 e. The summed E-state index contributed by atoms with van der Waals surface area (Å²) >= 11 is 6.17. The molecule has 3 nitrogen and oxygen atoms in total. The Morgan fingerprint density at radius 3 is 2.78 bits per heavy atom. The number of hydrogen-bond acceptors (Lipinski definition) is 3. The van der Waals surface area contributed by atoms with Crippen molar-refractivity contribution in [1.29, 1.82) is 0 Å². The summed E-state index contributed by atoms with van der Waals surface area (Å²) in [7, 11) is 0. The molecule has 1 aliphatic rings. The Morgan fingerprint density at radius 1 is 1.44 bits per heavy atom. The van der Waals surface area contributed by atoms with E-state index >= 15 is 0 Å². The fourth-order valence-electron chi connectivity index (χ4n) is 2.26. The van der Waals surface area contributed by atoms with Gasteiger partial charge < -0.3 is 15.2 Å². The minimum atomic E-state index is -0.502. The van der Waals surface area contributed by atoms with Crippen molar-refractivity contribution in [2.24, 2.45) is 0 Å². The zero-order chi connectivity index (χ0) is 13.1. The molecule has 100 valence electrons.